The summed E-state index contributed by atoms with van der Waals surface area (Å²) in [5, 5.41) is 10.5. The molecule has 0 heterocycles. The summed E-state index contributed by atoms with van der Waals surface area (Å²) in [6, 6.07) is 14.1. The van der Waals surface area contributed by atoms with Crippen molar-refractivity contribution in [3.8, 4) is 0 Å². The molecule has 0 atom stereocenters. The third-order valence-electron chi connectivity index (χ3n) is 3.65. The first kappa shape index (κ1) is 23.5. The maximum absolute atomic E-state index is 7.40. The van der Waals surface area contributed by atoms with Crippen molar-refractivity contribution in [3.63, 3.8) is 0 Å². The number of benzene rings is 2. The number of allylic oxidation sites excluding steroid dienone is 1. The first-order valence-corrected chi connectivity index (χ1v) is 9.19. The SMILES string of the molecule is C/C=C\c1cc(C(=N)N=N)ccc1C.CCC.CCc1ccccc1C. The summed E-state index contributed by atoms with van der Waals surface area (Å²) in [7, 11) is 0. The third-order valence-corrected chi connectivity index (χ3v) is 3.65. The summed E-state index contributed by atoms with van der Waals surface area (Å²) in [4.78, 5) is 0. The summed E-state index contributed by atoms with van der Waals surface area (Å²) < 4.78 is 0. The van der Waals surface area contributed by atoms with E-state index in [4.69, 9.17) is 10.9 Å². The Morgan fingerprint density at radius 1 is 1.00 bits per heavy atom. The van der Waals surface area contributed by atoms with Crippen molar-refractivity contribution in [1.82, 2.24) is 0 Å². The lowest BCUT2D eigenvalue weighted by Gasteiger charge is -2.03. The van der Waals surface area contributed by atoms with Crippen molar-refractivity contribution < 1.29 is 0 Å². The second-order valence-corrected chi connectivity index (χ2v) is 6.02. The molecule has 26 heavy (non-hydrogen) atoms. The van der Waals surface area contributed by atoms with Crippen LogP contribution in [0.1, 0.15) is 61.9 Å². The van der Waals surface area contributed by atoms with Gasteiger partial charge >= 0.3 is 0 Å². The van der Waals surface area contributed by atoms with Gasteiger partial charge < -0.3 is 0 Å². The zero-order valence-electron chi connectivity index (χ0n) is 17.1. The number of nitrogens with one attached hydrogen (secondary N) is 2. The molecule has 0 spiro atoms. The number of hydrogen-bond donors (Lipinski definition) is 2. The fourth-order valence-electron chi connectivity index (χ4n) is 2.22. The Hall–Kier alpha value is -2.55. The lowest BCUT2D eigenvalue weighted by molar-refractivity contribution is 1.09. The van der Waals surface area contributed by atoms with Gasteiger partial charge in [-0.15, -0.1) is 5.11 Å². The Bertz CT molecular complexity index is 715. The molecule has 0 aliphatic carbocycles. The molecule has 2 aromatic carbocycles. The van der Waals surface area contributed by atoms with Crippen LogP contribution < -0.4 is 0 Å². The second-order valence-electron chi connectivity index (χ2n) is 6.02. The van der Waals surface area contributed by atoms with Crippen molar-refractivity contribution in [3.05, 3.63) is 76.4 Å². The van der Waals surface area contributed by atoms with Gasteiger partial charge in [0.25, 0.3) is 0 Å². The smallest absolute Gasteiger partial charge is 0.173 e. The van der Waals surface area contributed by atoms with E-state index >= 15 is 0 Å². The van der Waals surface area contributed by atoms with Gasteiger partial charge in [0.2, 0.25) is 0 Å². The Balaban J connectivity index is 0.000000446. The highest BCUT2D eigenvalue weighted by atomic mass is 15.0. The number of nitrogens with zero attached hydrogens (tertiary/aromatic N) is 1. The van der Waals surface area contributed by atoms with Crippen LogP contribution in [-0.4, -0.2) is 5.84 Å². The lowest BCUT2D eigenvalue weighted by Crippen LogP contribution is -1.94. The minimum Gasteiger partial charge on any atom is -0.281 e. The number of hydrogen-bond acceptors (Lipinski definition) is 2. The Morgan fingerprint density at radius 2 is 1.62 bits per heavy atom. The highest BCUT2D eigenvalue weighted by molar-refractivity contribution is 5.97. The minimum atomic E-state index is -0.00393. The average molecular weight is 352 g/mol. The van der Waals surface area contributed by atoms with E-state index in [0.29, 0.717) is 5.56 Å². The molecule has 140 valence electrons. The maximum atomic E-state index is 7.40. The van der Waals surface area contributed by atoms with Crippen LogP contribution >= 0.6 is 0 Å². The molecule has 0 amide bonds. The summed E-state index contributed by atoms with van der Waals surface area (Å²) in [5.41, 5.74) is 12.5. The van der Waals surface area contributed by atoms with Crippen molar-refractivity contribution in [2.24, 2.45) is 5.11 Å². The highest BCUT2D eigenvalue weighted by Gasteiger charge is 2.01. The Labute approximate surface area is 159 Å². The molecule has 3 heteroatoms. The molecular formula is C23H33N3. The van der Waals surface area contributed by atoms with Gasteiger partial charge in [-0.25, -0.2) is 5.53 Å². The van der Waals surface area contributed by atoms with Crippen molar-refractivity contribution in [1.29, 1.82) is 10.9 Å². The first-order chi connectivity index (χ1) is 12.4. The van der Waals surface area contributed by atoms with E-state index in [1.54, 1.807) is 0 Å². The van der Waals surface area contributed by atoms with Gasteiger partial charge in [0.1, 0.15) is 0 Å². The lowest BCUT2D eigenvalue weighted by atomic mass is 10.0. The summed E-state index contributed by atoms with van der Waals surface area (Å²) in [5.74, 6) is -0.00393. The van der Waals surface area contributed by atoms with E-state index in [1.165, 1.54) is 17.5 Å². The highest BCUT2D eigenvalue weighted by Crippen LogP contribution is 2.13. The summed E-state index contributed by atoms with van der Waals surface area (Å²) in [6.45, 7) is 12.5. The van der Waals surface area contributed by atoms with E-state index in [-0.39, 0.29) is 5.84 Å². The zero-order valence-corrected chi connectivity index (χ0v) is 17.1. The molecular weight excluding hydrogens is 318 g/mol. The molecule has 0 saturated heterocycles. The van der Waals surface area contributed by atoms with Crippen LogP contribution in [-0.2, 0) is 6.42 Å². The van der Waals surface area contributed by atoms with Gasteiger partial charge in [0.05, 0.1) is 0 Å². The molecule has 2 N–H and O–H groups in total. The van der Waals surface area contributed by atoms with Crippen LogP contribution in [0, 0.1) is 24.8 Å². The van der Waals surface area contributed by atoms with Gasteiger partial charge in [0.15, 0.2) is 5.84 Å². The summed E-state index contributed by atoms with van der Waals surface area (Å²) in [6.07, 6.45) is 6.33. The Kier molecular flexibility index (Phi) is 12.4. The zero-order chi connectivity index (χ0) is 19.9. The van der Waals surface area contributed by atoms with Crippen LogP contribution in [0.15, 0.2) is 53.7 Å². The van der Waals surface area contributed by atoms with Gasteiger partial charge in [-0.05, 0) is 55.5 Å². The fraction of sp³-hybridized carbons (Fsp3) is 0.348. The van der Waals surface area contributed by atoms with Gasteiger partial charge in [0, 0.05) is 5.56 Å². The first-order valence-electron chi connectivity index (χ1n) is 9.19. The molecule has 0 bridgehead atoms. The maximum Gasteiger partial charge on any atom is 0.173 e. The molecule has 2 rings (SSSR count). The molecule has 2 aromatic rings. The Morgan fingerprint density at radius 3 is 2.08 bits per heavy atom. The predicted molar refractivity (Wildman–Crippen MR) is 114 cm³/mol. The monoisotopic (exact) mass is 351 g/mol. The van der Waals surface area contributed by atoms with Crippen LogP contribution in [0.2, 0.25) is 0 Å². The van der Waals surface area contributed by atoms with Gasteiger partial charge in [-0.2, -0.15) is 0 Å². The number of aryl methyl sites for hydroxylation is 3. The molecule has 0 saturated carbocycles. The molecule has 0 aliphatic heterocycles. The number of amidine groups is 1. The largest absolute Gasteiger partial charge is 0.281 e. The van der Waals surface area contributed by atoms with Crippen molar-refractivity contribution in [2.75, 3.05) is 0 Å². The molecule has 0 unspecified atom stereocenters. The van der Waals surface area contributed by atoms with E-state index < -0.39 is 0 Å². The quantitative estimate of drug-likeness (QED) is 0.330. The van der Waals surface area contributed by atoms with Crippen molar-refractivity contribution in [2.45, 2.75) is 54.4 Å². The van der Waals surface area contributed by atoms with Crippen LogP contribution in [0.4, 0.5) is 0 Å². The molecule has 0 fully saturated rings. The van der Waals surface area contributed by atoms with E-state index in [1.807, 2.05) is 44.2 Å². The number of rotatable bonds is 3. The predicted octanol–water partition coefficient (Wildman–Crippen LogP) is 7.36. The second kappa shape index (κ2) is 13.7. The van der Waals surface area contributed by atoms with E-state index in [9.17, 15) is 0 Å². The fourth-order valence-corrected chi connectivity index (χ4v) is 2.22. The molecule has 0 aliphatic rings. The van der Waals surface area contributed by atoms with E-state index in [2.05, 4.69) is 57.1 Å². The van der Waals surface area contributed by atoms with Crippen LogP contribution in [0.3, 0.4) is 0 Å². The van der Waals surface area contributed by atoms with Crippen molar-refractivity contribution >= 4 is 11.9 Å². The van der Waals surface area contributed by atoms with Gasteiger partial charge in [-0.3, -0.25) is 5.41 Å². The average Bonchev–Trinajstić information content (AvgIpc) is 2.64. The normalized spacial score (nSPS) is 9.62. The van der Waals surface area contributed by atoms with E-state index in [0.717, 1.165) is 17.5 Å². The standard InChI is InChI=1S/C11H13N3.C9H12.C3H8/c1-3-4-9-7-10(11(12)14-13)6-5-8(9)2;1-3-9-7-5-4-6-8(9)2;1-3-2/h3-7,12-13H,1-2H3;4-7H,3H2,1-2H3;3H2,1-2H3/b4-3-,12-11?,14-13?;;. The topological polar surface area (TPSA) is 60.1 Å². The minimum absolute atomic E-state index is 0.00393. The molecule has 0 aromatic heterocycles. The van der Waals surface area contributed by atoms with Crippen LogP contribution in [0.25, 0.3) is 6.08 Å². The molecule has 3 nitrogen and oxygen atoms in total. The third kappa shape index (κ3) is 8.52. The van der Waals surface area contributed by atoms with Gasteiger partial charge in [-0.1, -0.05) is 75.7 Å². The summed E-state index contributed by atoms with van der Waals surface area (Å²) >= 11 is 0. The van der Waals surface area contributed by atoms with Crippen LogP contribution in [0.5, 0.6) is 0 Å². The molecule has 0 radical (unpaired) electrons.